The van der Waals surface area contributed by atoms with Gasteiger partial charge in [-0.15, -0.1) is 0 Å². The van der Waals surface area contributed by atoms with Crippen molar-refractivity contribution in [3.8, 4) is 0 Å². The Balaban J connectivity index is 2.79. The number of rotatable bonds is 2. The molecule has 1 aromatic carbocycles. The highest BCUT2D eigenvalue weighted by atomic mass is 32.2. The van der Waals surface area contributed by atoms with E-state index in [1.165, 1.54) is 11.8 Å². The van der Waals surface area contributed by atoms with E-state index < -0.39 is 0 Å². The van der Waals surface area contributed by atoms with Crippen LogP contribution in [0.2, 0.25) is 0 Å². The molecular weight excluding hydrogens is 206 g/mol. The van der Waals surface area contributed by atoms with Crippen molar-refractivity contribution in [3.05, 3.63) is 30.3 Å². The lowest BCUT2D eigenvalue weighted by molar-refractivity contribution is 0.644. The number of hydrogen-bond acceptors (Lipinski definition) is 2. The zero-order valence-corrected chi connectivity index (χ0v) is 10.0. The normalized spacial score (nSPS) is 12.1. The number of nitrogens with zero attached hydrogens (tertiary/aromatic N) is 3. The molecule has 0 aliphatic heterocycles. The molecule has 0 amide bonds. The highest BCUT2D eigenvalue weighted by molar-refractivity contribution is 8.13. The van der Waals surface area contributed by atoms with Crippen LogP contribution >= 0.6 is 11.8 Å². The van der Waals surface area contributed by atoms with Crippen LogP contribution in [0.1, 0.15) is 0 Å². The first-order valence-corrected chi connectivity index (χ1v) is 5.83. The summed E-state index contributed by atoms with van der Waals surface area (Å²) in [4.78, 5) is 10.5. The van der Waals surface area contributed by atoms with Gasteiger partial charge in [-0.05, 0) is 18.4 Å². The minimum atomic E-state index is 0.759. The van der Waals surface area contributed by atoms with Crippen LogP contribution < -0.4 is 0 Å². The molecule has 1 rings (SSSR count). The third-order valence-electron chi connectivity index (χ3n) is 1.56. The summed E-state index contributed by atoms with van der Waals surface area (Å²) in [6, 6.07) is 9.82. The Morgan fingerprint density at radius 3 is 2.47 bits per heavy atom. The minimum absolute atomic E-state index is 0.759. The molecule has 0 atom stereocenters. The van der Waals surface area contributed by atoms with E-state index in [9.17, 15) is 0 Å². The van der Waals surface area contributed by atoms with Crippen molar-refractivity contribution >= 4 is 29.0 Å². The molecule has 0 radical (unpaired) electrons. The molecule has 0 aliphatic rings. The highest BCUT2D eigenvalue weighted by Crippen LogP contribution is 2.13. The highest BCUT2D eigenvalue weighted by Gasteiger charge is 1.93. The van der Waals surface area contributed by atoms with Gasteiger partial charge in [-0.2, -0.15) is 0 Å². The standard InChI is InChI=1S/C11H15N3S/c1-14(2)9-12-11(15-3)13-10-7-5-4-6-8-10/h4-9H,1-3H3. The molecule has 0 heterocycles. The Morgan fingerprint density at radius 2 is 1.93 bits per heavy atom. The average Bonchev–Trinajstić information content (AvgIpc) is 2.25. The van der Waals surface area contributed by atoms with Crippen molar-refractivity contribution < 1.29 is 0 Å². The molecule has 80 valence electrons. The summed E-state index contributed by atoms with van der Waals surface area (Å²) in [5, 5.41) is 0.759. The van der Waals surface area contributed by atoms with E-state index in [0.29, 0.717) is 0 Å². The van der Waals surface area contributed by atoms with E-state index >= 15 is 0 Å². The molecule has 0 bridgehead atoms. The summed E-state index contributed by atoms with van der Waals surface area (Å²) in [6.45, 7) is 0. The number of benzene rings is 1. The molecule has 0 fully saturated rings. The zero-order chi connectivity index (χ0) is 11.1. The van der Waals surface area contributed by atoms with Crippen molar-refractivity contribution in [3.63, 3.8) is 0 Å². The molecule has 0 N–H and O–H groups in total. The van der Waals surface area contributed by atoms with Crippen molar-refractivity contribution in [2.75, 3.05) is 20.4 Å². The first kappa shape index (κ1) is 11.8. The van der Waals surface area contributed by atoms with Crippen LogP contribution in [0.4, 0.5) is 5.69 Å². The van der Waals surface area contributed by atoms with Crippen LogP contribution in [0.25, 0.3) is 0 Å². The third kappa shape index (κ3) is 4.65. The lowest BCUT2D eigenvalue weighted by Gasteiger charge is -2.02. The number of para-hydroxylation sites is 1. The van der Waals surface area contributed by atoms with Gasteiger partial charge in [-0.1, -0.05) is 30.0 Å². The van der Waals surface area contributed by atoms with Gasteiger partial charge in [0.2, 0.25) is 0 Å². The predicted octanol–water partition coefficient (Wildman–Crippen LogP) is 2.63. The third-order valence-corrected chi connectivity index (χ3v) is 2.12. The van der Waals surface area contributed by atoms with E-state index in [0.717, 1.165) is 10.9 Å². The fourth-order valence-electron chi connectivity index (χ4n) is 0.905. The molecule has 0 saturated carbocycles. The maximum atomic E-state index is 4.40. The van der Waals surface area contributed by atoms with Crippen LogP contribution in [0.5, 0.6) is 0 Å². The van der Waals surface area contributed by atoms with Gasteiger partial charge in [-0.3, -0.25) is 0 Å². The minimum Gasteiger partial charge on any atom is -0.369 e. The Bertz CT molecular complexity index is 344. The fourth-order valence-corrected chi connectivity index (χ4v) is 1.25. The van der Waals surface area contributed by atoms with E-state index in [4.69, 9.17) is 0 Å². The maximum absolute atomic E-state index is 4.40. The smallest absolute Gasteiger partial charge is 0.189 e. The molecular formula is C11H15N3S. The molecule has 0 aromatic heterocycles. The van der Waals surface area contributed by atoms with Gasteiger partial charge in [0, 0.05) is 14.1 Å². The summed E-state index contributed by atoms with van der Waals surface area (Å²) in [5.74, 6) is 0. The van der Waals surface area contributed by atoms with Crippen LogP contribution in [0.3, 0.4) is 0 Å². The number of aliphatic imine (C=N–C) groups is 2. The topological polar surface area (TPSA) is 28.0 Å². The van der Waals surface area contributed by atoms with Gasteiger partial charge in [0.1, 0.15) is 0 Å². The van der Waals surface area contributed by atoms with Gasteiger partial charge >= 0.3 is 0 Å². The Kier molecular flexibility index (Phi) is 4.90. The molecule has 0 spiro atoms. The lowest BCUT2D eigenvalue weighted by atomic mass is 10.3. The fraction of sp³-hybridized carbons (Fsp3) is 0.273. The molecule has 3 nitrogen and oxygen atoms in total. The summed E-state index contributed by atoms with van der Waals surface area (Å²) in [7, 11) is 3.87. The van der Waals surface area contributed by atoms with Crippen LogP contribution in [0, 0.1) is 0 Å². The van der Waals surface area contributed by atoms with Gasteiger partial charge in [-0.25, -0.2) is 9.98 Å². The van der Waals surface area contributed by atoms with Crippen LogP contribution in [-0.2, 0) is 0 Å². The van der Waals surface area contributed by atoms with E-state index in [1.807, 2.05) is 55.6 Å². The second kappa shape index (κ2) is 6.24. The number of amidine groups is 1. The predicted molar refractivity (Wildman–Crippen MR) is 69.2 cm³/mol. The second-order valence-electron chi connectivity index (χ2n) is 3.14. The number of thioether (sulfide) groups is 1. The van der Waals surface area contributed by atoms with Crippen molar-refractivity contribution in [1.29, 1.82) is 0 Å². The maximum Gasteiger partial charge on any atom is 0.189 e. The molecule has 0 unspecified atom stereocenters. The Labute approximate surface area is 94.9 Å². The average molecular weight is 221 g/mol. The second-order valence-corrected chi connectivity index (χ2v) is 3.92. The number of hydrogen-bond donors (Lipinski definition) is 0. The van der Waals surface area contributed by atoms with Crippen molar-refractivity contribution in [1.82, 2.24) is 4.90 Å². The summed E-state index contributed by atoms with van der Waals surface area (Å²) >= 11 is 1.53. The Hall–Kier alpha value is -1.29. The van der Waals surface area contributed by atoms with E-state index in [1.54, 1.807) is 6.34 Å². The summed E-state index contributed by atoms with van der Waals surface area (Å²) in [5.41, 5.74) is 0.928. The quantitative estimate of drug-likeness (QED) is 0.567. The molecule has 4 heteroatoms. The van der Waals surface area contributed by atoms with Crippen molar-refractivity contribution in [2.24, 2.45) is 9.98 Å². The summed E-state index contributed by atoms with van der Waals surface area (Å²) in [6.07, 6.45) is 3.72. The summed E-state index contributed by atoms with van der Waals surface area (Å²) < 4.78 is 0. The van der Waals surface area contributed by atoms with E-state index in [-0.39, 0.29) is 0 Å². The molecule has 15 heavy (non-hydrogen) atoms. The van der Waals surface area contributed by atoms with Crippen molar-refractivity contribution in [2.45, 2.75) is 0 Å². The zero-order valence-electron chi connectivity index (χ0n) is 9.21. The molecule has 0 aliphatic carbocycles. The van der Waals surface area contributed by atoms with Gasteiger partial charge in [0.05, 0.1) is 12.0 Å². The SMILES string of the molecule is CSC(N=CN(C)C)=Nc1ccccc1. The largest absolute Gasteiger partial charge is 0.369 e. The van der Waals surface area contributed by atoms with Gasteiger partial charge < -0.3 is 4.90 Å². The first-order chi connectivity index (χ1) is 7.22. The Morgan fingerprint density at radius 1 is 1.27 bits per heavy atom. The monoisotopic (exact) mass is 221 g/mol. The lowest BCUT2D eigenvalue weighted by Crippen LogP contribution is -2.08. The van der Waals surface area contributed by atoms with Crippen LogP contribution in [-0.4, -0.2) is 36.8 Å². The molecule has 1 aromatic rings. The van der Waals surface area contributed by atoms with Gasteiger partial charge in [0.15, 0.2) is 5.17 Å². The first-order valence-electron chi connectivity index (χ1n) is 4.60. The van der Waals surface area contributed by atoms with Gasteiger partial charge in [0.25, 0.3) is 0 Å². The molecule has 0 saturated heterocycles. The van der Waals surface area contributed by atoms with E-state index in [2.05, 4.69) is 9.98 Å². The van der Waals surface area contributed by atoms with Crippen LogP contribution in [0.15, 0.2) is 40.3 Å².